The Morgan fingerprint density at radius 3 is 2.63 bits per heavy atom. The third kappa shape index (κ3) is 3.95. The van der Waals surface area contributed by atoms with Crippen LogP contribution in [-0.2, 0) is 0 Å². The molecule has 0 unspecified atom stereocenters. The fraction of sp³-hybridized carbons (Fsp3) is 0.533. The smallest absolute Gasteiger partial charge is 0.255 e. The second kappa shape index (κ2) is 6.92. The zero-order chi connectivity index (χ0) is 13.7. The van der Waals surface area contributed by atoms with Crippen LogP contribution in [0.2, 0.25) is 5.02 Å². The molecule has 0 saturated carbocycles. The van der Waals surface area contributed by atoms with Gasteiger partial charge in [0.1, 0.15) is 0 Å². The highest BCUT2D eigenvalue weighted by atomic mass is 35.5. The van der Waals surface area contributed by atoms with E-state index in [0.29, 0.717) is 10.6 Å². The van der Waals surface area contributed by atoms with Crippen LogP contribution in [0.25, 0.3) is 0 Å². The summed E-state index contributed by atoms with van der Waals surface area (Å²) < 4.78 is 0. The Morgan fingerprint density at radius 2 is 1.95 bits per heavy atom. The molecule has 0 aromatic heterocycles. The van der Waals surface area contributed by atoms with E-state index in [0.717, 1.165) is 26.2 Å². The van der Waals surface area contributed by atoms with Crippen molar-refractivity contribution in [3.63, 3.8) is 0 Å². The van der Waals surface area contributed by atoms with Gasteiger partial charge < -0.3 is 9.80 Å². The van der Waals surface area contributed by atoms with Crippen LogP contribution in [0.5, 0.6) is 0 Å². The Balaban J connectivity index is 1.87. The SMILES string of the molecule is CN(CCN1CCCCC1)C(=O)c1ccccc1Cl. The number of likely N-dealkylation sites (N-methyl/N-ethyl adjacent to an activating group) is 1. The zero-order valence-electron chi connectivity index (χ0n) is 11.4. The summed E-state index contributed by atoms with van der Waals surface area (Å²) in [7, 11) is 1.84. The Kier molecular flexibility index (Phi) is 5.23. The fourth-order valence-corrected chi connectivity index (χ4v) is 2.63. The second-order valence-electron chi connectivity index (χ2n) is 5.11. The molecule has 1 saturated heterocycles. The third-order valence-electron chi connectivity index (χ3n) is 3.65. The lowest BCUT2D eigenvalue weighted by Gasteiger charge is -2.28. The second-order valence-corrected chi connectivity index (χ2v) is 5.52. The molecule has 1 fully saturated rings. The number of carbonyl (C=O) groups is 1. The van der Waals surface area contributed by atoms with Crippen molar-refractivity contribution in [2.75, 3.05) is 33.2 Å². The summed E-state index contributed by atoms with van der Waals surface area (Å²) in [6.07, 6.45) is 3.90. The standard InChI is InChI=1S/C15H21ClN2O/c1-17(11-12-18-9-5-2-6-10-18)15(19)13-7-3-4-8-14(13)16/h3-4,7-8H,2,5-6,9-12H2,1H3. The molecule has 0 bridgehead atoms. The van der Waals surface area contributed by atoms with E-state index in [2.05, 4.69) is 4.90 Å². The van der Waals surface area contributed by atoms with Crippen LogP contribution >= 0.6 is 11.6 Å². The van der Waals surface area contributed by atoms with Crippen LogP contribution in [0.4, 0.5) is 0 Å². The van der Waals surface area contributed by atoms with Crippen molar-refractivity contribution in [2.24, 2.45) is 0 Å². The molecular formula is C15H21ClN2O. The first-order valence-corrected chi connectivity index (χ1v) is 7.28. The predicted octanol–water partition coefficient (Wildman–Crippen LogP) is 2.90. The highest BCUT2D eigenvalue weighted by Gasteiger charge is 2.16. The van der Waals surface area contributed by atoms with Gasteiger partial charge in [0.25, 0.3) is 5.91 Å². The topological polar surface area (TPSA) is 23.6 Å². The van der Waals surface area contributed by atoms with Crippen molar-refractivity contribution in [3.05, 3.63) is 34.9 Å². The van der Waals surface area contributed by atoms with Crippen LogP contribution < -0.4 is 0 Å². The molecule has 0 N–H and O–H groups in total. The maximum Gasteiger partial charge on any atom is 0.255 e. The van der Waals surface area contributed by atoms with E-state index in [1.165, 1.54) is 19.3 Å². The molecular weight excluding hydrogens is 260 g/mol. The lowest BCUT2D eigenvalue weighted by molar-refractivity contribution is 0.0773. The molecule has 1 heterocycles. The van der Waals surface area contributed by atoms with Crippen molar-refractivity contribution >= 4 is 17.5 Å². The first kappa shape index (κ1) is 14.4. The van der Waals surface area contributed by atoms with Gasteiger partial charge in [-0.1, -0.05) is 30.2 Å². The Bertz CT molecular complexity index is 430. The number of rotatable bonds is 4. The summed E-state index contributed by atoms with van der Waals surface area (Å²) in [5.41, 5.74) is 0.588. The number of carbonyl (C=O) groups excluding carboxylic acids is 1. The molecule has 0 radical (unpaired) electrons. The minimum atomic E-state index is 0.00242. The van der Waals surface area contributed by atoms with Crippen LogP contribution in [0.3, 0.4) is 0 Å². The van der Waals surface area contributed by atoms with E-state index in [-0.39, 0.29) is 5.91 Å². The van der Waals surface area contributed by atoms with Crippen LogP contribution in [0.15, 0.2) is 24.3 Å². The fourth-order valence-electron chi connectivity index (χ4n) is 2.42. The molecule has 0 spiro atoms. The van der Waals surface area contributed by atoms with Crippen molar-refractivity contribution in [3.8, 4) is 0 Å². The van der Waals surface area contributed by atoms with E-state index >= 15 is 0 Å². The number of amides is 1. The van der Waals surface area contributed by atoms with E-state index in [1.54, 1.807) is 17.0 Å². The molecule has 1 aliphatic heterocycles. The first-order chi connectivity index (χ1) is 9.18. The van der Waals surface area contributed by atoms with Crippen LogP contribution in [-0.4, -0.2) is 48.9 Å². The van der Waals surface area contributed by atoms with Gasteiger partial charge in [0.2, 0.25) is 0 Å². The lowest BCUT2D eigenvalue weighted by atomic mass is 10.1. The lowest BCUT2D eigenvalue weighted by Crippen LogP contribution is -2.38. The molecule has 1 aliphatic rings. The maximum atomic E-state index is 12.3. The van der Waals surface area contributed by atoms with E-state index < -0.39 is 0 Å². The van der Waals surface area contributed by atoms with E-state index in [1.807, 2.05) is 19.2 Å². The van der Waals surface area contributed by atoms with E-state index in [9.17, 15) is 4.79 Å². The summed E-state index contributed by atoms with van der Waals surface area (Å²) in [5, 5.41) is 0.525. The Labute approximate surface area is 120 Å². The van der Waals surface area contributed by atoms with Gasteiger partial charge in [-0.3, -0.25) is 4.79 Å². The molecule has 0 aliphatic carbocycles. The van der Waals surface area contributed by atoms with Gasteiger partial charge >= 0.3 is 0 Å². The van der Waals surface area contributed by atoms with Crippen LogP contribution in [0, 0.1) is 0 Å². The predicted molar refractivity (Wildman–Crippen MR) is 78.7 cm³/mol. The minimum absolute atomic E-state index is 0.00242. The summed E-state index contributed by atoms with van der Waals surface area (Å²) in [5.74, 6) is 0.00242. The number of benzene rings is 1. The molecule has 104 valence electrons. The van der Waals surface area contributed by atoms with Gasteiger partial charge in [-0.2, -0.15) is 0 Å². The normalized spacial score (nSPS) is 16.3. The average molecular weight is 281 g/mol. The summed E-state index contributed by atoms with van der Waals surface area (Å²) >= 11 is 6.05. The average Bonchev–Trinajstić information content (AvgIpc) is 2.45. The Hall–Kier alpha value is -1.06. The quantitative estimate of drug-likeness (QED) is 0.847. The highest BCUT2D eigenvalue weighted by Crippen LogP contribution is 2.16. The van der Waals surface area contributed by atoms with Gasteiger partial charge in [-0.25, -0.2) is 0 Å². The summed E-state index contributed by atoms with van der Waals surface area (Å²) in [6.45, 7) is 4.03. The van der Waals surface area contributed by atoms with Crippen molar-refractivity contribution in [1.29, 1.82) is 0 Å². The van der Waals surface area contributed by atoms with Gasteiger partial charge in [0.15, 0.2) is 0 Å². The largest absolute Gasteiger partial charge is 0.340 e. The van der Waals surface area contributed by atoms with Crippen molar-refractivity contribution in [2.45, 2.75) is 19.3 Å². The Morgan fingerprint density at radius 1 is 1.26 bits per heavy atom. The molecule has 19 heavy (non-hydrogen) atoms. The molecule has 4 heteroatoms. The van der Waals surface area contributed by atoms with Gasteiger partial charge in [0, 0.05) is 20.1 Å². The minimum Gasteiger partial charge on any atom is -0.340 e. The maximum absolute atomic E-state index is 12.3. The summed E-state index contributed by atoms with van der Waals surface area (Å²) in [6, 6.07) is 7.22. The zero-order valence-corrected chi connectivity index (χ0v) is 12.2. The van der Waals surface area contributed by atoms with Gasteiger partial charge in [-0.05, 0) is 38.1 Å². The van der Waals surface area contributed by atoms with Crippen molar-refractivity contribution < 1.29 is 4.79 Å². The van der Waals surface area contributed by atoms with Gasteiger partial charge in [-0.15, -0.1) is 0 Å². The number of likely N-dealkylation sites (tertiary alicyclic amines) is 1. The molecule has 1 amide bonds. The van der Waals surface area contributed by atoms with Gasteiger partial charge in [0.05, 0.1) is 10.6 Å². The number of halogens is 1. The number of hydrogen-bond donors (Lipinski definition) is 0. The number of nitrogens with zero attached hydrogens (tertiary/aromatic N) is 2. The highest BCUT2D eigenvalue weighted by molar-refractivity contribution is 6.33. The summed E-state index contributed by atoms with van der Waals surface area (Å²) in [4.78, 5) is 16.5. The van der Waals surface area contributed by atoms with Crippen molar-refractivity contribution in [1.82, 2.24) is 9.80 Å². The van der Waals surface area contributed by atoms with Crippen LogP contribution in [0.1, 0.15) is 29.6 Å². The molecule has 1 aromatic rings. The molecule has 2 rings (SSSR count). The monoisotopic (exact) mass is 280 g/mol. The molecule has 1 aromatic carbocycles. The first-order valence-electron chi connectivity index (χ1n) is 6.91. The van der Waals surface area contributed by atoms with E-state index in [4.69, 9.17) is 11.6 Å². The molecule has 0 atom stereocenters. The number of piperidine rings is 1. The number of hydrogen-bond acceptors (Lipinski definition) is 2. The third-order valence-corrected chi connectivity index (χ3v) is 3.98. The molecule has 3 nitrogen and oxygen atoms in total.